The molecule has 1 aromatic carbocycles. The third kappa shape index (κ3) is 4.59. The van der Waals surface area contributed by atoms with Crippen LogP contribution in [0.3, 0.4) is 0 Å². The Labute approximate surface area is 128 Å². The smallest absolute Gasteiger partial charge is 0.250 e. The number of anilines is 1. The number of aromatic hydroxyl groups is 1. The molecule has 22 heavy (non-hydrogen) atoms. The fourth-order valence-corrected chi connectivity index (χ4v) is 2.33. The summed E-state index contributed by atoms with van der Waals surface area (Å²) in [6, 6.07) is 4.56. The molecule has 2 aromatic rings. The van der Waals surface area contributed by atoms with Gasteiger partial charge in [0, 0.05) is 12.5 Å². The number of nitrogens with one attached hydrogen (secondary N) is 1. The van der Waals surface area contributed by atoms with E-state index < -0.39 is 10.0 Å². The fraction of sp³-hybridized carbons (Fsp3) is 0.286. The Morgan fingerprint density at radius 1 is 1.36 bits per heavy atom. The maximum atomic E-state index is 11.2. The van der Waals surface area contributed by atoms with Crippen LogP contribution in [-0.4, -0.2) is 29.9 Å². The molecule has 0 aliphatic rings. The van der Waals surface area contributed by atoms with Crippen LogP contribution in [0.5, 0.6) is 5.75 Å². The number of rotatable bonds is 6. The lowest BCUT2D eigenvalue weighted by Crippen LogP contribution is -2.09. The van der Waals surface area contributed by atoms with Gasteiger partial charge in [0.1, 0.15) is 5.75 Å². The highest BCUT2D eigenvalue weighted by Gasteiger charge is 2.07. The number of nitrogens with zero attached hydrogens (tertiary/aromatic N) is 2. The van der Waals surface area contributed by atoms with Gasteiger partial charge in [-0.3, -0.25) is 4.72 Å². The summed E-state index contributed by atoms with van der Waals surface area (Å²) in [7, 11) is -3.46. The summed E-state index contributed by atoms with van der Waals surface area (Å²) in [5.74, 6) is 0.868. The van der Waals surface area contributed by atoms with E-state index in [1.807, 2.05) is 6.92 Å². The van der Waals surface area contributed by atoms with Crippen LogP contribution in [-0.2, 0) is 16.4 Å². The molecular weight excluding hydrogens is 306 g/mol. The molecule has 2 N–H and O–H groups in total. The van der Waals surface area contributed by atoms with Crippen molar-refractivity contribution in [3.8, 4) is 5.75 Å². The maximum Gasteiger partial charge on any atom is 0.250 e. The molecule has 0 aliphatic heterocycles. The van der Waals surface area contributed by atoms with E-state index in [-0.39, 0.29) is 11.4 Å². The monoisotopic (exact) mass is 323 g/mol. The summed E-state index contributed by atoms with van der Waals surface area (Å²) in [5, 5.41) is 13.5. The molecule has 7 nitrogen and oxygen atoms in total. The average Bonchev–Trinajstić information content (AvgIpc) is 2.86. The van der Waals surface area contributed by atoms with Crippen molar-refractivity contribution in [1.82, 2.24) is 10.1 Å². The summed E-state index contributed by atoms with van der Waals surface area (Å²) >= 11 is 0. The summed E-state index contributed by atoms with van der Waals surface area (Å²) < 4.78 is 29.8. The molecule has 0 bridgehead atoms. The van der Waals surface area contributed by atoms with Gasteiger partial charge in [0.15, 0.2) is 5.82 Å². The minimum Gasteiger partial charge on any atom is -0.506 e. The minimum atomic E-state index is -3.46. The van der Waals surface area contributed by atoms with Crippen LogP contribution in [0.2, 0.25) is 0 Å². The molecule has 0 fully saturated rings. The van der Waals surface area contributed by atoms with Crippen LogP contribution in [0.4, 0.5) is 5.69 Å². The van der Waals surface area contributed by atoms with Gasteiger partial charge >= 0.3 is 0 Å². The lowest BCUT2D eigenvalue weighted by Gasteiger charge is -2.06. The molecule has 8 heteroatoms. The van der Waals surface area contributed by atoms with Gasteiger partial charge in [0.05, 0.1) is 11.9 Å². The SMILES string of the molecule is CCCc1noc(/C=C/c2ccc(O)c(NS(C)(=O)=O)c2)n1. The van der Waals surface area contributed by atoms with Crippen molar-refractivity contribution in [2.45, 2.75) is 19.8 Å². The van der Waals surface area contributed by atoms with E-state index in [4.69, 9.17) is 4.52 Å². The fourth-order valence-electron chi connectivity index (χ4n) is 1.77. The van der Waals surface area contributed by atoms with E-state index in [1.54, 1.807) is 18.2 Å². The second-order valence-electron chi connectivity index (χ2n) is 4.78. The van der Waals surface area contributed by atoms with Gasteiger partial charge in [-0.25, -0.2) is 8.42 Å². The molecule has 0 radical (unpaired) electrons. The highest BCUT2D eigenvalue weighted by Crippen LogP contribution is 2.25. The first-order chi connectivity index (χ1) is 10.4. The lowest BCUT2D eigenvalue weighted by atomic mass is 10.2. The zero-order chi connectivity index (χ0) is 16.2. The first-order valence-corrected chi connectivity index (χ1v) is 8.58. The van der Waals surface area contributed by atoms with E-state index in [0.717, 1.165) is 19.1 Å². The first kappa shape index (κ1) is 16.0. The molecule has 0 unspecified atom stereocenters. The lowest BCUT2D eigenvalue weighted by molar-refractivity contribution is 0.403. The van der Waals surface area contributed by atoms with Crippen LogP contribution in [0.1, 0.15) is 30.6 Å². The second kappa shape index (κ2) is 6.61. The summed E-state index contributed by atoms with van der Waals surface area (Å²) in [4.78, 5) is 4.19. The number of hydrogen-bond donors (Lipinski definition) is 2. The van der Waals surface area contributed by atoms with Crippen molar-refractivity contribution in [2.24, 2.45) is 0 Å². The van der Waals surface area contributed by atoms with Crippen molar-refractivity contribution in [1.29, 1.82) is 0 Å². The molecule has 1 aromatic heterocycles. The summed E-state index contributed by atoms with van der Waals surface area (Å²) in [6.45, 7) is 2.03. The molecule has 0 amide bonds. The van der Waals surface area contributed by atoms with Crippen LogP contribution in [0, 0.1) is 0 Å². The number of sulfonamides is 1. The second-order valence-corrected chi connectivity index (χ2v) is 6.53. The number of hydrogen-bond acceptors (Lipinski definition) is 6. The van der Waals surface area contributed by atoms with Crippen LogP contribution < -0.4 is 4.72 Å². The number of benzene rings is 1. The van der Waals surface area contributed by atoms with Crippen molar-refractivity contribution in [3.05, 3.63) is 35.5 Å². The molecule has 0 aliphatic carbocycles. The quantitative estimate of drug-likeness (QED) is 0.790. The zero-order valence-electron chi connectivity index (χ0n) is 12.3. The Hall–Kier alpha value is -2.35. The van der Waals surface area contributed by atoms with Gasteiger partial charge < -0.3 is 9.63 Å². The Morgan fingerprint density at radius 3 is 2.82 bits per heavy atom. The van der Waals surface area contributed by atoms with E-state index in [9.17, 15) is 13.5 Å². The molecule has 0 spiro atoms. The Kier molecular flexibility index (Phi) is 4.81. The number of aromatic nitrogens is 2. The Bertz CT molecular complexity index is 781. The van der Waals surface area contributed by atoms with Crippen molar-refractivity contribution in [3.63, 3.8) is 0 Å². The summed E-state index contributed by atoms with van der Waals surface area (Å²) in [5.41, 5.74) is 0.793. The zero-order valence-corrected chi connectivity index (χ0v) is 13.1. The summed E-state index contributed by atoms with van der Waals surface area (Å²) in [6.07, 6.45) is 6.02. The average molecular weight is 323 g/mol. The molecule has 2 rings (SSSR count). The first-order valence-electron chi connectivity index (χ1n) is 6.69. The van der Waals surface area contributed by atoms with Gasteiger partial charge in [0.25, 0.3) is 5.89 Å². The standard InChI is InChI=1S/C14H17N3O4S/c1-3-4-13-15-14(21-16-13)8-6-10-5-7-12(18)11(9-10)17-22(2,19)20/h5-9,17-18H,3-4H2,1-2H3/b8-6+. The van der Waals surface area contributed by atoms with E-state index in [1.165, 1.54) is 12.1 Å². The molecule has 1 heterocycles. The van der Waals surface area contributed by atoms with Crippen molar-refractivity contribution in [2.75, 3.05) is 11.0 Å². The third-order valence-electron chi connectivity index (χ3n) is 2.69. The number of phenolic OH excluding ortho intramolecular Hbond substituents is 1. The topological polar surface area (TPSA) is 105 Å². The highest BCUT2D eigenvalue weighted by atomic mass is 32.2. The largest absolute Gasteiger partial charge is 0.506 e. The normalized spacial score (nSPS) is 11.9. The molecule has 0 saturated carbocycles. The predicted molar refractivity (Wildman–Crippen MR) is 83.8 cm³/mol. The van der Waals surface area contributed by atoms with Gasteiger partial charge in [-0.2, -0.15) is 4.98 Å². The van der Waals surface area contributed by atoms with Gasteiger partial charge in [-0.1, -0.05) is 18.1 Å². The van der Waals surface area contributed by atoms with Crippen LogP contribution in [0.25, 0.3) is 12.2 Å². The number of phenols is 1. The van der Waals surface area contributed by atoms with Crippen LogP contribution >= 0.6 is 0 Å². The van der Waals surface area contributed by atoms with Crippen molar-refractivity contribution < 1.29 is 18.0 Å². The minimum absolute atomic E-state index is 0.113. The predicted octanol–water partition coefficient (Wildman–Crippen LogP) is 2.27. The van der Waals surface area contributed by atoms with Gasteiger partial charge in [-0.15, -0.1) is 0 Å². The van der Waals surface area contributed by atoms with E-state index >= 15 is 0 Å². The van der Waals surface area contributed by atoms with Crippen molar-refractivity contribution >= 4 is 27.9 Å². The van der Waals surface area contributed by atoms with E-state index in [2.05, 4.69) is 14.9 Å². The highest BCUT2D eigenvalue weighted by molar-refractivity contribution is 7.92. The molecule has 0 atom stereocenters. The third-order valence-corrected chi connectivity index (χ3v) is 3.28. The van der Waals surface area contributed by atoms with Crippen LogP contribution in [0.15, 0.2) is 22.7 Å². The number of aryl methyl sites for hydroxylation is 1. The molecule has 118 valence electrons. The molecular formula is C14H17N3O4S. The van der Waals surface area contributed by atoms with E-state index in [0.29, 0.717) is 17.3 Å². The maximum absolute atomic E-state index is 11.2. The Morgan fingerprint density at radius 2 is 2.14 bits per heavy atom. The van der Waals surface area contributed by atoms with Gasteiger partial charge in [-0.05, 0) is 30.2 Å². The van der Waals surface area contributed by atoms with Gasteiger partial charge in [0.2, 0.25) is 10.0 Å². The Balaban J connectivity index is 2.18. The molecule has 0 saturated heterocycles.